The number of carbonyl (C=O) groups excluding carboxylic acids is 1. The Morgan fingerprint density at radius 3 is 2.49 bits per heavy atom. The van der Waals surface area contributed by atoms with Gasteiger partial charge in [0.05, 0.1) is 23.9 Å². The Hall–Kier alpha value is -4.34. The van der Waals surface area contributed by atoms with E-state index >= 15 is 0 Å². The number of alkyl halides is 3. The largest absolute Gasteiger partial charge is 0.507 e. The molecule has 4 rings (SSSR count). The van der Waals surface area contributed by atoms with Gasteiger partial charge in [0.1, 0.15) is 11.5 Å². The van der Waals surface area contributed by atoms with E-state index in [9.17, 15) is 23.1 Å². The standard InChI is InChI=1S/C27H25F3N4O3/c1-14(2)32-26-31-13-17-10-20(23(35)12-21(17)34-26)19-9-16(6-5-15(19)3)25(36)33-22-11-18(27(28,29)30)7-8-24(22)37-4/h5-14,35H,1-4H3,(H,33,36)(H,31,32,34). The summed E-state index contributed by atoms with van der Waals surface area (Å²) in [6.07, 6.45) is -2.94. The van der Waals surface area contributed by atoms with E-state index < -0.39 is 17.6 Å². The molecule has 0 saturated heterocycles. The molecule has 0 bridgehead atoms. The van der Waals surface area contributed by atoms with Crippen LogP contribution in [0, 0.1) is 6.92 Å². The molecular formula is C27H25F3N4O3. The molecule has 37 heavy (non-hydrogen) atoms. The minimum atomic E-state index is -4.58. The van der Waals surface area contributed by atoms with Crippen LogP contribution in [0.3, 0.4) is 0 Å². The predicted molar refractivity (Wildman–Crippen MR) is 136 cm³/mol. The van der Waals surface area contributed by atoms with E-state index in [0.29, 0.717) is 28.0 Å². The van der Waals surface area contributed by atoms with Crippen LogP contribution in [0.25, 0.3) is 22.0 Å². The Balaban J connectivity index is 1.69. The smallest absolute Gasteiger partial charge is 0.416 e. The Bertz CT molecular complexity index is 1490. The van der Waals surface area contributed by atoms with Crippen molar-refractivity contribution in [2.45, 2.75) is 33.0 Å². The number of rotatable bonds is 6. The Labute approximate surface area is 211 Å². The number of anilines is 2. The lowest BCUT2D eigenvalue weighted by molar-refractivity contribution is -0.137. The average molecular weight is 511 g/mol. The van der Waals surface area contributed by atoms with Gasteiger partial charge in [-0.2, -0.15) is 13.2 Å². The second-order valence-electron chi connectivity index (χ2n) is 8.82. The summed E-state index contributed by atoms with van der Waals surface area (Å²) in [7, 11) is 1.30. The number of fused-ring (bicyclic) bond motifs is 1. The summed E-state index contributed by atoms with van der Waals surface area (Å²) in [5.41, 5.74) is 1.53. The van der Waals surface area contributed by atoms with Gasteiger partial charge in [-0.3, -0.25) is 4.79 Å². The van der Waals surface area contributed by atoms with Crippen molar-refractivity contribution >= 4 is 28.4 Å². The van der Waals surface area contributed by atoms with Gasteiger partial charge in [-0.05, 0) is 68.3 Å². The molecule has 4 aromatic rings. The van der Waals surface area contributed by atoms with Crippen LogP contribution in [0.1, 0.15) is 35.3 Å². The monoisotopic (exact) mass is 510 g/mol. The molecule has 192 valence electrons. The third-order valence-electron chi connectivity index (χ3n) is 5.68. The van der Waals surface area contributed by atoms with Crippen LogP contribution in [0.4, 0.5) is 24.8 Å². The van der Waals surface area contributed by atoms with Crippen molar-refractivity contribution in [3.8, 4) is 22.6 Å². The number of carbonyl (C=O) groups is 1. The molecule has 3 N–H and O–H groups in total. The molecule has 1 heterocycles. The molecule has 0 aliphatic carbocycles. The van der Waals surface area contributed by atoms with E-state index in [2.05, 4.69) is 20.6 Å². The van der Waals surface area contributed by atoms with Gasteiger partial charge in [0.25, 0.3) is 5.91 Å². The van der Waals surface area contributed by atoms with Crippen LogP contribution in [-0.4, -0.2) is 34.1 Å². The topological polar surface area (TPSA) is 96.4 Å². The van der Waals surface area contributed by atoms with Crippen LogP contribution in [0.5, 0.6) is 11.5 Å². The molecule has 1 amide bonds. The molecule has 3 aromatic carbocycles. The molecule has 0 radical (unpaired) electrons. The van der Waals surface area contributed by atoms with E-state index in [0.717, 1.165) is 23.8 Å². The molecule has 0 saturated carbocycles. The number of ether oxygens (including phenoxy) is 1. The quantitative estimate of drug-likeness (QED) is 0.277. The summed E-state index contributed by atoms with van der Waals surface area (Å²) in [5, 5.41) is 17.1. The van der Waals surface area contributed by atoms with Gasteiger partial charge in [-0.1, -0.05) is 6.07 Å². The highest BCUT2D eigenvalue weighted by Crippen LogP contribution is 2.37. The number of amides is 1. The summed E-state index contributed by atoms with van der Waals surface area (Å²) in [6, 6.07) is 11.1. The Kier molecular flexibility index (Phi) is 6.93. The SMILES string of the molecule is COc1ccc(C(F)(F)F)cc1NC(=O)c1ccc(C)c(-c2cc3cnc(NC(C)C)nc3cc2O)c1. The van der Waals surface area contributed by atoms with Crippen molar-refractivity contribution in [3.05, 3.63) is 71.4 Å². The molecule has 0 fully saturated rings. The van der Waals surface area contributed by atoms with Crippen molar-refractivity contribution in [1.82, 2.24) is 9.97 Å². The first-order valence-corrected chi connectivity index (χ1v) is 11.4. The van der Waals surface area contributed by atoms with Gasteiger partial charge in [0.2, 0.25) is 5.95 Å². The van der Waals surface area contributed by atoms with E-state index in [4.69, 9.17) is 4.74 Å². The molecular weight excluding hydrogens is 485 g/mol. The number of nitrogens with zero attached hydrogens (tertiary/aromatic N) is 2. The van der Waals surface area contributed by atoms with Crippen LogP contribution in [-0.2, 0) is 6.18 Å². The number of nitrogens with one attached hydrogen (secondary N) is 2. The highest BCUT2D eigenvalue weighted by atomic mass is 19.4. The number of phenolic OH excluding ortho intramolecular Hbond substituents is 1. The van der Waals surface area contributed by atoms with Crippen LogP contribution < -0.4 is 15.4 Å². The van der Waals surface area contributed by atoms with Crippen LogP contribution in [0.15, 0.2) is 54.7 Å². The summed E-state index contributed by atoms with van der Waals surface area (Å²) < 4.78 is 44.7. The first-order valence-electron chi connectivity index (χ1n) is 11.4. The molecule has 0 atom stereocenters. The number of aromatic nitrogens is 2. The van der Waals surface area contributed by atoms with Gasteiger partial charge >= 0.3 is 6.18 Å². The number of benzene rings is 3. The van der Waals surface area contributed by atoms with E-state index in [1.807, 2.05) is 20.8 Å². The summed E-state index contributed by atoms with van der Waals surface area (Å²) >= 11 is 0. The molecule has 10 heteroatoms. The molecule has 0 unspecified atom stereocenters. The second kappa shape index (κ2) is 9.96. The fourth-order valence-corrected chi connectivity index (χ4v) is 3.84. The zero-order valence-electron chi connectivity index (χ0n) is 20.6. The highest BCUT2D eigenvalue weighted by molar-refractivity contribution is 6.06. The number of methoxy groups -OCH3 is 1. The first kappa shape index (κ1) is 25.7. The van der Waals surface area contributed by atoms with Gasteiger partial charge in [-0.15, -0.1) is 0 Å². The third kappa shape index (κ3) is 5.58. The van der Waals surface area contributed by atoms with Gasteiger partial charge in [-0.25, -0.2) is 9.97 Å². The normalized spacial score (nSPS) is 11.6. The molecule has 7 nitrogen and oxygen atoms in total. The highest BCUT2D eigenvalue weighted by Gasteiger charge is 2.31. The van der Waals surface area contributed by atoms with Crippen molar-refractivity contribution in [3.63, 3.8) is 0 Å². The minimum absolute atomic E-state index is 0.0399. The van der Waals surface area contributed by atoms with E-state index in [1.165, 1.54) is 13.2 Å². The molecule has 0 aliphatic rings. The van der Waals surface area contributed by atoms with Crippen molar-refractivity contribution in [2.75, 3.05) is 17.7 Å². The zero-order valence-corrected chi connectivity index (χ0v) is 20.6. The number of hydrogen-bond acceptors (Lipinski definition) is 6. The number of aryl methyl sites for hydroxylation is 1. The maximum absolute atomic E-state index is 13.2. The number of aromatic hydroxyl groups is 1. The van der Waals surface area contributed by atoms with Crippen molar-refractivity contribution in [2.24, 2.45) is 0 Å². The molecule has 0 spiro atoms. The zero-order chi connectivity index (χ0) is 26.9. The lowest BCUT2D eigenvalue weighted by Gasteiger charge is -2.15. The summed E-state index contributed by atoms with van der Waals surface area (Å²) in [5.74, 6) is -0.143. The fourth-order valence-electron chi connectivity index (χ4n) is 3.84. The van der Waals surface area contributed by atoms with E-state index in [-0.39, 0.29) is 28.8 Å². The maximum Gasteiger partial charge on any atom is 0.416 e. The average Bonchev–Trinajstić information content (AvgIpc) is 2.83. The number of halogens is 3. The lowest BCUT2D eigenvalue weighted by atomic mass is 9.96. The van der Waals surface area contributed by atoms with Gasteiger partial charge < -0.3 is 20.5 Å². The Morgan fingerprint density at radius 1 is 1.05 bits per heavy atom. The van der Waals surface area contributed by atoms with Crippen molar-refractivity contribution in [1.29, 1.82) is 0 Å². The lowest BCUT2D eigenvalue weighted by Crippen LogP contribution is -2.14. The van der Waals surface area contributed by atoms with Crippen LogP contribution in [0.2, 0.25) is 0 Å². The molecule has 1 aromatic heterocycles. The summed E-state index contributed by atoms with van der Waals surface area (Å²) in [4.78, 5) is 21.8. The minimum Gasteiger partial charge on any atom is -0.507 e. The van der Waals surface area contributed by atoms with Gasteiger partial charge in [0, 0.05) is 34.8 Å². The van der Waals surface area contributed by atoms with Crippen molar-refractivity contribution < 1.29 is 27.8 Å². The first-order chi connectivity index (χ1) is 17.5. The maximum atomic E-state index is 13.2. The summed E-state index contributed by atoms with van der Waals surface area (Å²) in [6.45, 7) is 5.74. The third-order valence-corrected chi connectivity index (χ3v) is 5.68. The van der Waals surface area contributed by atoms with Crippen LogP contribution >= 0.6 is 0 Å². The number of hydrogen-bond donors (Lipinski definition) is 3. The van der Waals surface area contributed by atoms with Gasteiger partial charge in [0.15, 0.2) is 0 Å². The predicted octanol–water partition coefficient (Wildman–Crippen LogP) is 6.41. The number of phenols is 1. The molecule has 0 aliphatic heterocycles. The fraction of sp³-hybridized carbons (Fsp3) is 0.222. The van der Waals surface area contributed by atoms with E-state index in [1.54, 1.807) is 30.5 Å². The second-order valence-corrected chi connectivity index (χ2v) is 8.82. The Morgan fingerprint density at radius 2 is 1.81 bits per heavy atom.